The van der Waals surface area contributed by atoms with Gasteiger partial charge in [-0.15, -0.1) is 0 Å². The zero-order valence-electron chi connectivity index (χ0n) is 11.1. The number of hydrogen-bond acceptors (Lipinski definition) is 2. The van der Waals surface area contributed by atoms with Gasteiger partial charge in [0.2, 0.25) is 5.78 Å². The monoisotopic (exact) mass is 360 g/mol. The Hall–Kier alpha value is -1.63. The fourth-order valence-electron chi connectivity index (χ4n) is 2.03. The number of aromatic nitrogens is 2. The first-order valence-corrected chi connectivity index (χ1v) is 7.07. The Morgan fingerprint density at radius 2 is 2.00 bits per heavy atom. The van der Waals surface area contributed by atoms with E-state index in [1.165, 1.54) is 29.1 Å². The Labute approximate surface area is 127 Å². The zero-order valence-corrected chi connectivity index (χ0v) is 12.7. The lowest BCUT2D eigenvalue weighted by atomic mass is 10.0. The number of nitrogens with zero attached hydrogens (tertiary/aromatic N) is 2. The SMILES string of the molecule is CCCn1ncc(Br)c1C(=O)c1ccccc1C(F)(F)F. The third kappa shape index (κ3) is 3.18. The van der Waals surface area contributed by atoms with E-state index >= 15 is 0 Å². The molecule has 21 heavy (non-hydrogen) atoms. The summed E-state index contributed by atoms with van der Waals surface area (Å²) in [5.74, 6) is -0.694. The van der Waals surface area contributed by atoms with E-state index in [-0.39, 0.29) is 11.3 Å². The first-order chi connectivity index (χ1) is 9.86. The average Bonchev–Trinajstić information content (AvgIpc) is 2.79. The maximum Gasteiger partial charge on any atom is 0.417 e. The molecular formula is C14H12BrF3N2O. The van der Waals surface area contributed by atoms with Crippen molar-refractivity contribution in [2.24, 2.45) is 0 Å². The third-order valence-electron chi connectivity index (χ3n) is 2.92. The molecule has 2 aromatic rings. The van der Waals surface area contributed by atoms with Crippen LogP contribution in [0.5, 0.6) is 0 Å². The number of aryl methyl sites for hydroxylation is 1. The highest BCUT2D eigenvalue weighted by Crippen LogP contribution is 2.33. The molecule has 1 aromatic carbocycles. The summed E-state index contributed by atoms with van der Waals surface area (Å²) in [6, 6.07) is 4.76. The molecular weight excluding hydrogens is 349 g/mol. The largest absolute Gasteiger partial charge is 0.417 e. The summed E-state index contributed by atoms with van der Waals surface area (Å²) >= 11 is 3.17. The number of alkyl halides is 3. The van der Waals surface area contributed by atoms with Crippen molar-refractivity contribution in [3.8, 4) is 0 Å². The van der Waals surface area contributed by atoms with Crippen molar-refractivity contribution in [2.45, 2.75) is 26.1 Å². The van der Waals surface area contributed by atoms with Crippen LogP contribution < -0.4 is 0 Å². The van der Waals surface area contributed by atoms with E-state index in [9.17, 15) is 18.0 Å². The van der Waals surface area contributed by atoms with Crippen molar-refractivity contribution >= 4 is 21.7 Å². The van der Waals surface area contributed by atoms with Gasteiger partial charge >= 0.3 is 6.18 Å². The summed E-state index contributed by atoms with van der Waals surface area (Å²) in [6.45, 7) is 2.36. The Morgan fingerprint density at radius 1 is 1.33 bits per heavy atom. The van der Waals surface area contributed by atoms with Crippen molar-refractivity contribution < 1.29 is 18.0 Å². The molecule has 2 rings (SSSR count). The lowest BCUT2D eigenvalue weighted by Gasteiger charge is -2.12. The molecule has 0 spiro atoms. The molecule has 0 unspecified atom stereocenters. The van der Waals surface area contributed by atoms with E-state index in [2.05, 4.69) is 21.0 Å². The van der Waals surface area contributed by atoms with Crippen molar-refractivity contribution in [2.75, 3.05) is 0 Å². The molecule has 0 fully saturated rings. The standard InChI is InChI=1S/C14H12BrF3N2O/c1-2-7-20-12(11(15)8-19-20)13(21)9-5-3-4-6-10(9)14(16,17)18/h3-6,8H,2,7H2,1H3. The summed E-state index contributed by atoms with van der Waals surface area (Å²) < 4.78 is 40.8. The molecule has 0 N–H and O–H groups in total. The molecule has 0 saturated heterocycles. The van der Waals surface area contributed by atoms with Gasteiger partial charge in [-0.05, 0) is 28.4 Å². The lowest BCUT2D eigenvalue weighted by molar-refractivity contribution is -0.137. The molecule has 0 saturated carbocycles. The minimum atomic E-state index is -4.58. The molecule has 1 aromatic heterocycles. The van der Waals surface area contributed by atoms with E-state index in [1.807, 2.05) is 6.92 Å². The van der Waals surface area contributed by atoms with Crippen LogP contribution >= 0.6 is 15.9 Å². The first-order valence-electron chi connectivity index (χ1n) is 6.28. The number of hydrogen-bond donors (Lipinski definition) is 0. The van der Waals surface area contributed by atoms with Gasteiger partial charge in [0.1, 0.15) is 5.69 Å². The fraction of sp³-hybridized carbons (Fsp3) is 0.286. The van der Waals surface area contributed by atoms with Crippen molar-refractivity contribution in [1.29, 1.82) is 0 Å². The van der Waals surface area contributed by atoms with Gasteiger partial charge in [-0.3, -0.25) is 9.48 Å². The summed E-state index contributed by atoms with van der Waals surface area (Å²) in [5.41, 5.74) is -1.18. The molecule has 0 radical (unpaired) electrons. The second-order valence-electron chi connectivity index (χ2n) is 4.44. The van der Waals surface area contributed by atoms with Crippen LogP contribution in [0.15, 0.2) is 34.9 Å². The molecule has 3 nitrogen and oxygen atoms in total. The van der Waals surface area contributed by atoms with Crippen molar-refractivity contribution in [1.82, 2.24) is 9.78 Å². The molecule has 1 heterocycles. The van der Waals surface area contributed by atoms with Crippen LogP contribution in [0.25, 0.3) is 0 Å². The predicted molar refractivity (Wildman–Crippen MR) is 75.1 cm³/mol. The van der Waals surface area contributed by atoms with Crippen LogP contribution in [-0.2, 0) is 12.7 Å². The number of carbonyl (C=O) groups is 1. The molecule has 7 heteroatoms. The van der Waals surface area contributed by atoms with Crippen LogP contribution in [0.1, 0.15) is 35.0 Å². The first kappa shape index (κ1) is 15.8. The van der Waals surface area contributed by atoms with Gasteiger partial charge in [-0.2, -0.15) is 18.3 Å². The number of ketones is 1. The van der Waals surface area contributed by atoms with Crippen LogP contribution in [0, 0.1) is 0 Å². The average molecular weight is 361 g/mol. The highest BCUT2D eigenvalue weighted by atomic mass is 79.9. The normalized spacial score (nSPS) is 11.7. The minimum Gasteiger partial charge on any atom is -0.287 e. The smallest absolute Gasteiger partial charge is 0.287 e. The predicted octanol–water partition coefficient (Wildman–Crippen LogP) is 4.31. The van der Waals surface area contributed by atoms with E-state index in [0.29, 0.717) is 11.0 Å². The van der Waals surface area contributed by atoms with Gasteiger partial charge in [0.25, 0.3) is 0 Å². The Morgan fingerprint density at radius 3 is 2.62 bits per heavy atom. The summed E-state index contributed by atoms with van der Waals surface area (Å²) in [4.78, 5) is 12.5. The maximum absolute atomic E-state index is 13.0. The highest BCUT2D eigenvalue weighted by Gasteiger charge is 2.36. The molecule has 0 atom stereocenters. The lowest BCUT2D eigenvalue weighted by Crippen LogP contribution is -2.17. The molecule has 0 aliphatic carbocycles. The molecule has 0 aliphatic rings. The van der Waals surface area contributed by atoms with Gasteiger partial charge < -0.3 is 0 Å². The van der Waals surface area contributed by atoms with Gasteiger partial charge in [0, 0.05) is 12.1 Å². The van der Waals surface area contributed by atoms with Crippen molar-refractivity contribution in [3.63, 3.8) is 0 Å². The number of carbonyl (C=O) groups excluding carboxylic acids is 1. The quantitative estimate of drug-likeness (QED) is 0.761. The van der Waals surface area contributed by atoms with Crippen LogP contribution in [0.2, 0.25) is 0 Å². The number of benzene rings is 1. The minimum absolute atomic E-state index is 0.133. The van der Waals surface area contributed by atoms with Gasteiger partial charge in [0.05, 0.1) is 16.2 Å². The van der Waals surface area contributed by atoms with Crippen LogP contribution in [0.3, 0.4) is 0 Å². The fourth-order valence-corrected chi connectivity index (χ4v) is 2.50. The van der Waals surface area contributed by atoms with Gasteiger partial charge in [-0.1, -0.05) is 25.1 Å². The molecule has 112 valence electrons. The zero-order chi connectivity index (χ0) is 15.6. The van der Waals surface area contributed by atoms with E-state index in [4.69, 9.17) is 0 Å². The van der Waals surface area contributed by atoms with E-state index in [0.717, 1.165) is 12.5 Å². The molecule has 0 bridgehead atoms. The highest BCUT2D eigenvalue weighted by molar-refractivity contribution is 9.10. The second kappa shape index (κ2) is 6.01. The number of rotatable bonds is 4. The Balaban J connectivity index is 2.54. The van der Waals surface area contributed by atoms with E-state index < -0.39 is 17.5 Å². The summed E-state index contributed by atoms with van der Waals surface area (Å²) in [7, 11) is 0. The Kier molecular flexibility index (Phi) is 4.51. The van der Waals surface area contributed by atoms with E-state index in [1.54, 1.807) is 0 Å². The maximum atomic E-state index is 13.0. The summed E-state index contributed by atoms with van der Waals surface area (Å²) in [6.07, 6.45) is -2.44. The van der Waals surface area contributed by atoms with Crippen LogP contribution in [0.4, 0.5) is 13.2 Å². The summed E-state index contributed by atoms with van der Waals surface area (Å²) in [5, 5.41) is 4.01. The number of halogens is 4. The second-order valence-corrected chi connectivity index (χ2v) is 5.29. The molecule has 0 amide bonds. The van der Waals surface area contributed by atoms with Crippen LogP contribution in [-0.4, -0.2) is 15.6 Å². The van der Waals surface area contributed by atoms with Gasteiger partial charge in [-0.25, -0.2) is 0 Å². The van der Waals surface area contributed by atoms with Gasteiger partial charge in [0.15, 0.2) is 0 Å². The Bertz CT molecular complexity index is 664. The topological polar surface area (TPSA) is 34.9 Å². The van der Waals surface area contributed by atoms with Crippen molar-refractivity contribution in [3.05, 3.63) is 51.8 Å². The molecule has 0 aliphatic heterocycles. The third-order valence-corrected chi connectivity index (χ3v) is 3.50.